The lowest BCUT2D eigenvalue weighted by atomic mass is 10.2. The third-order valence-corrected chi connectivity index (χ3v) is 2.86. The van der Waals surface area contributed by atoms with E-state index in [9.17, 15) is 18.3 Å². The van der Waals surface area contributed by atoms with Crippen molar-refractivity contribution in [2.24, 2.45) is 5.73 Å². The van der Waals surface area contributed by atoms with Crippen LogP contribution >= 0.6 is 12.2 Å². The molecule has 5 nitrogen and oxygen atoms in total. The van der Waals surface area contributed by atoms with Gasteiger partial charge in [0.05, 0.1) is 18.3 Å². The van der Waals surface area contributed by atoms with E-state index in [1.165, 1.54) is 25.1 Å². The number of aliphatic hydroxyl groups is 1. The number of pyridine rings is 1. The predicted molar refractivity (Wildman–Crippen MR) is 76.3 cm³/mol. The Balaban J connectivity index is 3.14. The first kappa shape index (κ1) is 17.6. The Morgan fingerprint density at radius 1 is 1.52 bits per heavy atom. The highest BCUT2D eigenvalue weighted by Crippen LogP contribution is 2.30. The van der Waals surface area contributed by atoms with E-state index in [4.69, 9.17) is 22.7 Å². The van der Waals surface area contributed by atoms with E-state index >= 15 is 0 Å². The van der Waals surface area contributed by atoms with Gasteiger partial charge in [0.1, 0.15) is 16.5 Å². The minimum absolute atomic E-state index is 0.0256. The van der Waals surface area contributed by atoms with Gasteiger partial charge in [0.2, 0.25) is 0 Å². The fourth-order valence-electron chi connectivity index (χ4n) is 1.74. The summed E-state index contributed by atoms with van der Waals surface area (Å²) in [7, 11) is 2.90. The van der Waals surface area contributed by atoms with Crippen molar-refractivity contribution in [1.29, 1.82) is 0 Å². The van der Waals surface area contributed by atoms with Crippen molar-refractivity contribution in [2.75, 3.05) is 32.2 Å². The number of hydrogen-bond donors (Lipinski definition) is 2. The van der Waals surface area contributed by atoms with Crippen LogP contribution in [0.15, 0.2) is 12.1 Å². The Hall–Kier alpha value is -1.45. The molecule has 118 valence electrons. The van der Waals surface area contributed by atoms with E-state index in [-0.39, 0.29) is 29.5 Å². The van der Waals surface area contributed by atoms with Crippen LogP contribution in [0.4, 0.5) is 19.0 Å². The molecule has 0 aromatic carbocycles. The van der Waals surface area contributed by atoms with Gasteiger partial charge < -0.3 is 20.5 Å². The Bertz CT molecular complexity index is 511. The van der Waals surface area contributed by atoms with Crippen LogP contribution in [0.1, 0.15) is 11.3 Å². The van der Waals surface area contributed by atoms with E-state index in [1.54, 1.807) is 0 Å². The van der Waals surface area contributed by atoms with Crippen molar-refractivity contribution >= 4 is 23.0 Å². The second-order valence-corrected chi connectivity index (χ2v) is 4.86. The maximum absolute atomic E-state index is 12.7. The zero-order valence-electron chi connectivity index (χ0n) is 11.5. The molecule has 3 N–H and O–H groups in total. The number of alkyl halides is 3. The van der Waals surface area contributed by atoms with Gasteiger partial charge in [-0.05, 0) is 12.1 Å². The van der Waals surface area contributed by atoms with Crippen LogP contribution in [0.25, 0.3) is 0 Å². The molecule has 0 aliphatic heterocycles. The number of aliphatic hydroxyl groups excluding tert-OH is 1. The molecule has 0 aliphatic rings. The van der Waals surface area contributed by atoms with Crippen molar-refractivity contribution in [1.82, 2.24) is 4.98 Å². The second-order valence-electron chi connectivity index (χ2n) is 4.42. The molecule has 9 heteroatoms. The van der Waals surface area contributed by atoms with Crippen LogP contribution < -0.4 is 10.6 Å². The van der Waals surface area contributed by atoms with Crippen LogP contribution in [0.3, 0.4) is 0 Å². The van der Waals surface area contributed by atoms with Gasteiger partial charge in [-0.2, -0.15) is 13.2 Å². The van der Waals surface area contributed by atoms with Crippen molar-refractivity contribution < 1.29 is 23.0 Å². The van der Waals surface area contributed by atoms with Gasteiger partial charge in [-0.1, -0.05) is 12.2 Å². The fraction of sp³-hybridized carbons (Fsp3) is 0.500. The lowest BCUT2D eigenvalue weighted by Gasteiger charge is -2.24. The third-order valence-electron chi connectivity index (χ3n) is 2.64. The van der Waals surface area contributed by atoms with E-state index in [1.807, 2.05) is 0 Å². The molecule has 1 atom stereocenters. The van der Waals surface area contributed by atoms with Crippen molar-refractivity contribution in [3.63, 3.8) is 0 Å². The number of likely N-dealkylation sites (N-methyl/N-ethyl adjacent to an activating group) is 1. The van der Waals surface area contributed by atoms with Crippen LogP contribution in [-0.4, -0.2) is 48.5 Å². The summed E-state index contributed by atoms with van der Waals surface area (Å²) in [5.74, 6) is -0.0347. The van der Waals surface area contributed by atoms with Gasteiger partial charge in [0, 0.05) is 20.7 Å². The zero-order valence-corrected chi connectivity index (χ0v) is 12.3. The molecule has 1 heterocycles. The van der Waals surface area contributed by atoms with Gasteiger partial charge in [-0.25, -0.2) is 4.98 Å². The molecule has 21 heavy (non-hydrogen) atoms. The molecule has 0 radical (unpaired) electrons. The number of methoxy groups -OCH3 is 1. The summed E-state index contributed by atoms with van der Waals surface area (Å²) in [4.78, 5) is 4.84. The van der Waals surface area contributed by atoms with Crippen molar-refractivity contribution in [3.05, 3.63) is 23.4 Å². The van der Waals surface area contributed by atoms with E-state index in [0.29, 0.717) is 0 Å². The maximum atomic E-state index is 12.7. The van der Waals surface area contributed by atoms with Crippen molar-refractivity contribution in [2.45, 2.75) is 12.3 Å². The number of nitrogens with zero attached hydrogens (tertiary/aromatic N) is 2. The first-order valence-corrected chi connectivity index (χ1v) is 6.33. The molecule has 0 saturated carbocycles. The quantitative estimate of drug-likeness (QED) is 0.766. The van der Waals surface area contributed by atoms with E-state index in [0.717, 1.165) is 6.07 Å². The SMILES string of the molecule is COCC(O)CN(C)c1nc(C(F)(F)F)ccc1C(N)=S. The van der Waals surface area contributed by atoms with Gasteiger partial charge in [0.25, 0.3) is 0 Å². The van der Waals surface area contributed by atoms with Crippen molar-refractivity contribution in [3.8, 4) is 0 Å². The summed E-state index contributed by atoms with van der Waals surface area (Å²) < 4.78 is 43.0. The Kier molecular flexibility index (Phi) is 5.87. The highest BCUT2D eigenvalue weighted by atomic mass is 32.1. The van der Waals surface area contributed by atoms with E-state index < -0.39 is 18.0 Å². The zero-order chi connectivity index (χ0) is 16.2. The summed E-state index contributed by atoms with van der Waals surface area (Å²) in [5.41, 5.74) is 4.66. The number of halogens is 3. The molecule has 0 fully saturated rings. The molecular weight excluding hydrogens is 307 g/mol. The smallest absolute Gasteiger partial charge is 0.389 e. The molecule has 1 rings (SSSR count). The van der Waals surface area contributed by atoms with Gasteiger partial charge in [0.15, 0.2) is 0 Å². The molecule has 0 saturated heterocycles. The van der Waals surface area contributed by atoms with Gasteiger partial charge >= 0.3 is 6.18 Å². The Labute approximate surface area is 125 Å². The van der Waals surface area contributed by atoms with Gasteiger partial charge in [-0.15, -0.1) is 0 Å². The summed E-state index contributed by atoms with van der Waals surface area (Å²) >= 11 is 4.81. The molecule has 0 aliphatic carbocycles. The lowest BCUT2D eigenvalue weighted by molar-refractivity contribution is -0.141. The number of anilines is 1. The lowest BCUT2D eigenvalue weighted by Crippen LogP contribution is -2.34. The summed E-state index contributed by atoms with van der Waals surface area (Å²) in [5, 5.41) is 9.66. The summed E-state index contributed by atoms with van der Waals surface area (Å²) in [6.45, 7) is 0.0729. The predicted octanol–water partition coefficient (Wildman–Crippen LogP) is 1.18. The second kappa shape index (κ2) is 7.01. The van der Waals surface area contributed by atoms with Crippen LogP contribution in [0.5, 0.6) is 0 Å². The number of hydrogen-bond acceptors (Lipinski definition) is 5. The topological polar surface area (TPSA) is 71.6 Å². The first-order chi connectivity index (χ1) is 9.66. The van der Waals surface area contributed by atoms with Crippen LogP contribution in [0, 0.1) is 0 Å². The molecule has 1 aromatic rings. The number of ether oxygens (including phenoxy) is 1. The number of nitrogens with two attached hydrogens (primary N) is 1. The average Bonchev–Trinajstić information content (AvgIpc) is 2.36. The monoisotopic (exact) mass is 323 g/mol. The molecule has 1 unspecified atom stereocenters. The standard InChI is InChI=1S/C12H16F3N3O2S/c1-18(5-7(19)6-20-2)11-8(10(16)21)3-4-9(17-11)12(13,14)15/h3-4,7,19H,5-6H2,1-2H3,(H2,16,21). The highest BCUT2D eigenvalue weighted by molar-refractivity contribution is 7.80. The molecular formula is C12H16F3N3O2S. The summed E-state index contributed by atoms with van der Waals surface area (Å²) in [6.07, 6.45) is -5.45. The summed E-state index contributed by atoms with van der Waals surface area (Å²) in [6, 6.07) is 1.99. The Morgan fingerprint density at radius 2 is 2.14 bits per heavy atom. The van der Waals surface area contributed by atoms with E-state index in [2.05, 4.69) is 4.98 Å². The number of rotatable bonds is 6. The number of thiocarbonyl (C=S) groups is 1. The average molecular weight is 323 g/mol. The number of aromatic nitrogens is 1. The fourth-order valence-corrected chi connectivity index (χ4v) is 1.90. The molecule has 0 spiro atoms. The van der Waals surface area contributed by atoms with Gasteiger partial charge in [-0.3, -0.25) is 0 Å². The third kappa shape index (κ3) is 4.80. The van der Waals surface area contributed by atoms with Crippen LogP contribution in [0.2, 0.25) is 0 Å². The normalized spacial score (nSPS) is 13.0. The first-order valence-electron chi connectivity index (χ1n) is 5.93. The maximum Gasteiger partial charge on any atom is 0.433 e. The molecule has 0 bridgehead atoms. The minimum Gasteiger partial charge on any atom is -0.389 e. The minimum atomic E-state index is -4.57. The molecule has 1 aromatic heterocycles. The molecule has 0 amide bonds. The van der Waals surface area contributed by atoms with Crippen LogP contribution in [-0.2, 0) is 10.9 Å². The highest BCUT2D eigenvalue weighted by Gasteiger charge is 2.33. The largest absolute Gasteiger partial charge is 0.433 e. The Morgan fingerprint density at radius 3 is 2.62 bits per heavy atom.